The summed E-state index contributed by atoms with van der Waals surface area (Å²) < 4.78 is 10.4. The van der Waals surface area contributed by atoms with Gasteiger partial charge in [-0.3, -0.25) is 0 Å². The lowest BCUT2D eigenvalue weighted by Gasteiger charge is -2.28. The van der Waals surface area contributed by atoms with E-state index in [1.807, 2.05) is 12.1 Å². The molecule has 0 N–H and O–H groups in total. The van der Waals surface area contributed by atoms with E-state index in [1.165, 1.54) is 5.56 Å². The fourth-order valence-corrected chi connectivity index (χ4v) is 2.08. The van der Waals surface area contributed by atoms with E-state index in [4.69, 9.17) is 21.1 Å². The third-order valence-corrected chi connectivity index (χ3v) is 2.76. The minimum Gasteiger partial charge on any atom is -0.493 e. The Kier molecular flexibility index (Phi) is 2.08. The maximum absolute atomic E-state index is 6.06. The molecule has 0 aromatic heterocycles. The molecule has 70 valence electrons. The van der Waals surface area contributed by atoms with Crippen molar-refractivity contribution in [2.24, 2.45) is 0 Å². The Balaban J connectivity index is 2.53. The molecule has 1 atom stereocenters. The molecule has 1 unspecified atom stereocenters. The van der Waals surface area contributed by atoms with Gasteiger partial charge in [-0.2, -0.15) is 0 Å². The molecular weight excluding hydrogens is 188 g/mol. The zero-order valence-electron chi connectivity index (χ0n) is 7.63. The van der Waals surface area contributed by atoms with Gasteiger partial charge in [0.2, 0.25) is 0 Å². The molecule has 1 aliphatic carbocycles. The topological polar surface area (TPSA) is 18.5 Å². The van der Waals surface area contributed by atoms with Crippen LogP contribution in [-0.4, -0.2) is 14.2 Å². The van der Waals surface area contributed by atoms with E-state index >= 15 is 0 Å². The van der Waals surface area contributed by atoms with Crippen LogP contribution in [-0.2, 0) is 6.42 Å². The smallest absolute Gasteiger partial charge is 0.165 e. The normalized spacial score (nSPS) is 18.8. The van der Waals surface area contributed by atoms with Crippen molar-refractivity contribution in [3.8, 4) is 11.5 Å². The van der Waals surface area contributed by atoms with Gasteiger partial charge in [-0.05, 0) is 18.1 Å². The molecule has 0 fully saturated rings. The van der Waals surface area contributed by atoms with Gasteiger partial charge in [0.25, 0.3) is 0 Å². The van der Waals surface area contributed by atoms with Crippen LogP contribution in [0.2, 0.25) is 0 Å². The Hall–Kier alpha value is -0.890. The van der Waals surface area contributed by atoms with Gasteiger partial charge < -0.3 is 9.47 Å². The number of ether oxygens (including phenoxy) is 2. The number of halogens is 1. The SMILES string of the molecule is COc1ccc2c(c1OC)C(Cl)C2. The van der Waals surface area contributed by atoms with Crippen LogP contribution in [0.5, 0.6) is 11.5 Å². The van der Waals surface area contributed by atoms with Gasteiger partial charge in [-0.25, -0.2) is 0 Å². The molecule has 2 rings (SSSR count). The minimum atomic E-state index is 0.0834. The number of benzene rings is 1. The maximum atomic E-state index is 6.06. The molecule has 1 aromatic rings. The monoisotopic (exact) mass is 198 g/mol. The average molecular weight is 199 g/mol. The van der Waals surface area contributed by atoms with Gasteiger partial charge >= 0.3 is 0 Å². The quantitative estimate of drug-likeness (QED) is 0.680. The summed E-state index contributed by atoms with van der Waals surface area (Å²) in [6.45, 7) is 0. The first kappa shape index (κ1) is 8.70. The summed E-state index contributed by atoms with van der Waals surface area (Å²) in [6.07, 6.45) is 0.928. The molecule has 1 aliphatic rings. The standard InChI is InChI=1S/C10H11ClO2/c1-12-8-4-3-6-5-7(11)9(6)10(8)13-2/h3-4,7H,5H2,1-2H3. The van der Waals surface area contributed by atoms with Crippen molar-refractivity contribution < 1.29 is 9.47 Å². The molecular formula is C10H11ClO2. The van der Waals surface area contributed by atoms with E-state index < -0.39 is 0 Å². The second-order valence-electron chi connectivity index (χ2n) is 3.05. The summed E-state index contributed by atoms with van der Waals surface area (Å²) in [5.41, 5.74) is 2.35. The fraction of sp³-hybridized carbons (Fsp3) is 0.400. The molecule has 3 heteroatoms. The number of fused-ring (bicyclic) bond motifs is 1. The average Bonchev–Trinajstić information content (AvgIpc) is 2.15. The molecule has 0 amide bonds. The van der Waals surface area contributed by atoms with Gasteiger partial charge in [0.15, 0.2) is 11.5 Å². The second kappa shape index (κ2) is 3.11. The number of methoxy groups -OCH3 is 2. The third kappa shape index (κ3) is 1.17. The van der Waals surface area contributed by atoms with E-state index in [1.54, 1.807) is 14.2 Å². The van der Waals surface area contributed by atoms with Crippen molar-refractivity contribution in [2.75, 3.05) is 14.2 Å². The Labute approximate surface area is 82.4 Å². The van der Waals surface area contributed by atoms with E-state index in [9.17, 15) is 0 Å². The highest BCUT2D eigenvalue weighted by atomic mass is 35.5. The van der Waals surface area contributed by atoms with Crippen molar-refractivity contribution in [1.29, 1.82) is 0 Å². The summed E-state index contributed by atoms with van der Waals surface area (Å²) in [7, 11) is 3.27. The van der Waals surface area contributed by atoms with Gasteiger partial charge in [-0.1, -0.05) is 6.07 Å². The Morgan fingerprint density at radius 3 is 2.62 bits per heavy atom. The predicted octanol–water partition coefficient (Wildman–Crippen LogP) is 2.54. The molecule has 13 heavy (non-hydrogen) atoms. The van der Waals surface area contributed by atoms with Crippen LogP contribution < -0.4 is 9.47 Å². The number of alkyl halides is 1. The number of hydrogen-bond donors (Lipinski definition) is 0. The van der Waals surface area contributed by atoms with Crippen LogP contribution in [0.3, 0.4) is 0 Å². The van der Waals surface area contributed by atoms with Gasteiger partial charge in [0, 0.05) is 5.56 Å². The third-order valence-electron chi connectivity index (χ3n) is 2.39. The van der Waals surface area contributed by atoms with Crippen LogP contribution in [0.1, 0.15) is 16.5 Å². The number of rotatable bonds is 2. The highest BCUT2D eigenvalue weighted by molar-refractivity contribution is 6.22. The van der Waals surface area contributed by atoms with Crippen molar-refractivity contribution in [3.63, 3.8) is 0 Å². The maximum Gasteiger partial charge on any atom is 0.165 e. The first-order valence-electron chi connectivity index (χ1n) is 4.15. The minimum absolute atomic E-state index is 0.0834. The van der Waals surface area contributed by atoms with Crippen LogP contribution in [0, 0.1) is 0 Å². The lowest BCUT2D eigenvalue weighted by Crippen LogP contribution is -2.14. The Bertz CT molecular complexity index is 336. The molecule has 0 saturated carbocycles. The Morgan fingerprint density at radius 1 is 1.31 bits per heavy atom. The lowest BCUT2D eigenvalue weighted by molar-refractivity contribution is 0.348. The first-order chi connectivity index (χ1) is 6.27. The van der Waals surface area contributed by atoms with Gasteiger partial charge in [0.1, 0.15) is 0 Å². The largest absolute Gasteiger partial charge is 0.493 e. The van der Waals surface area contributed by atoms with E-state index in [-0.39, 0.29) is 5.38 Å². The summed E-state index contributed by atoms with van der Waals surface area (Å²) in [4.78, 5) is 0. The molecule has 0 radical (unpaired) electrons. The van der Waals surface area contributed by atoms with Crippen molar-refractivity contribution in [1.82, 2.24) is 0 Å². The summed E-state index contributed by atoms with van der Waals surface area (Å²) in [5.74, 6) is 1.54. The van der Waals surface area contributed by atoms with Crippen molar-refractivity contribution >= 4 is 11.6 Å². The van der Waals surface area contributed by atoms with Crippen LogP contribution in [0.4, 0.5) is 0 Å². The second-order valence-corrected chi connectivity index (χ2v) is 3.57. The zero-order chi connectivity index (χ0) is 9.42. The first-order valence-corrected chi connectivity index (χ1v) is 4.59. The highest BCUT2D eigenvalue weighted by Crippen LogP contribution is 2.48. The molecule has 0 heterocycles. The summed E-state index contributed by atoms with van der Waals surface area (Å²) in [5, 5.41) is 0.0834. The highest BCUT2D eigenvalue weighted by Gasteiger charge is 2.29. The molecule has 0 aliphatic heterocycles. The molecule has 0 bridgehead atoms. The number of hydrogen-bond acceptors (Lipinski definition) is 2. The zero-order valence-corrected chi connectivity index (χ0v) is 8.39. The van der Waals surface area contributed by atoms with Crippen LogP contribution >= 0.6 is 11.6 Å². The van der Waals surface area contributed by atoms with E-state index in [2.05, 4.69) is 0 Å². The van der Waals surface area contributed by atoms with Gasteiger partial charge in [0.05, 0.1) is 19.6 Å². The fourth-order valence-electron chi connectivity index (χ4n) is 1.68. The van der Waals surface area contributed by atoms with Gasteiger partial charge in [-0.15, -0.1) is 11.6 Å². The summed E-state index contributed by atoms with van der Waals surface area (Å²) in [6, 6.07) is 3.95. The molecule has 0 saturated heterocycles. The van der Waals surface area contributed by atoms with E-state index in [0.717, 1.165) is 23.5 Å². The van der Waals surface area contributed by atoms with Crippen LogP contribution in [0.15, 0.2) is 12.1 Å². The van der Waals surface area contributed by atoms with E-state index in [0.29, 0.717) is 0 Å². The van der Waals surface area contributed by atoms with Crippen molar-refractivity contribution in [3.05, 3.63) is 23.3 Å². The lowest BCUT2D eigenvalue weighted by atomic mass is 9.87. The van der Waals surface area contributed by atoms with Crippen molar-refractivity contribution in [2.45, 2.75) is 11.8 Å². The molecule has 1 aromatic carbocycles. The molecule has 2 nitrogen and oxygen atoms in total. The Morgan fingerprint density at radius 2 is 2.08 bits per heavy atom. The molecule has 0 spiro atoms. The van der Waals surface area contributed by atoms with Crippen LogP contribution in [0.25, 0.3) is 0 Å². The predicted molar refractivity (Wildman–Crippen MR) is 51.8 cm³/mol. The summed E-state index contributed by atoms with van der Waals surface area (Å²) >= 11 is 6.06.